The lowest BCUT2D eigenvalue weighted by molar-refractivity contribution is -0.118. The van der Waals surface area contributed by atoms with E-state index >= 15 is 0 Å². The minimum Gasteiger partial charge on any atom is -0.494 e. The molecule has 0 radical (unpaired) electrons. The van der Waals surface area contributed by atoms with Gasteiger partial charge in [-0.05, 0) is 37.5 Å². The molecule has 0 unspecified atom stereocenters. The number of ether oxygens (including phenoxy) is 1. The maximum Gasteiger partial charge on any atom is 0.227 e. The van der Waals surface area contributed by atoms with Crippen LogP contribution in [0.4, 0.5) is 5.69 Å². The molecule has 1 aliphatic rings. The van der Waals surface area contributed by atoms with Crippen molar-refractivity contribution < 1.29 is 9.53 Å². The third-order valence-electron chi connectivity index (χ3n) is 4.99. The smallest absolute Gasteiger partial charge is 0.227 e. The van der Waals surface area contributed by atoms with Gasteiger partial charge in [0.15, 0.2) is 5.96 Å². The molecule has 0 spiro atoms. The molecule has 0 aromatic heterocycles. The molecule has 2 aromatic carbocycles. The molecule has 2 N–H and O–H groups in total. The highest BCUT2D eigenvalue weighted by Crippen LogP contribution is 2.28. The molecule has 0 aliphatic carbocycles. The van der Waals surface area contributed by atoms with Crippen LogP contribution >= 0.6 is 0 Å². The predicted octanol–water partition coefficient (Wildman–Crippen LogP) is 3.12. The van der Waals surface area contributed by atoms with Crippen LogP contribution < -0.4 is 20.3 Å². The zero-order valence-corrected chi connectivity index (χ0v) is 17.3. The van der Waals surface area contributed by atoms with E-state index in [1.54, 1.807) is 7.05 Å². The summed E-state index contributed by atoms with van der Waals surface area (Å²) in [5, 5.41) is 6.59. The van der Waals surface area contributed by atoms with Gasteiger partial charge in [0.05, 0.1) is 6.61 Å². The topological polar surface area (TPSA) is 66.0 Å². The highest BCUT2D eigenvalue weighted by Gasteiger charge is 2.23. The molecule has 1 aliphatic heterocycles. The first-order valence-corrected chi connectivity index (χ1v) is 10.3. The summed E-state index contributed by atoms with van der Waals surface area (Å²) in [6.07, 6.45) is 2.22. The van der Waals surface area contributed by atoms with Crippen molar-refractivity contribution in [3.8, 4) is 5.75 Å². The average molecular weight is 395 g/mol. The van der Waals surface area contributed by atoms with Crippen LogP contribution in [0.5, 0.6) is 5.75 Å². The number of rotatable bonds is 8. The van der Waals surface area contributed by atoms with E-state index in [0.29, 0.717) is 26.1 Å². The zero-order chi connectivity index (χ0) is 20.5. The van der Waals surface area contributed by atoms with Gasteiger partial charge in [0.2, 0.25) is 5.91 Å². The Morgan fingerprint density at radius 3 is 2.76 bits per heavy atom. The van der Waals surface area contributed by atoms with Gasteiger partial charge in [0.1, 0.15) is 5.75 Å². The van der Waals surface area contributed by atoms with Gasteiger partial charge in [-0.3, -0.25) is 9.79 Å². The summed E-state index contributed by atoms with van der Waals surface area (Å²) in [6, 6.07) is 16.1. The lowest BCUT2D eigenvalue weighted by Crippen LogP contribution is -2.38. The van der Waals surface area contributed by atoms with E-state index in [1.165, 1.54) is 5.56 Å². The minimum atomic E-state index is 0.185. The summed E-state index contributed by atoms with van der Waals surface area (Å²) in [5.74, 6) is 1.79. The Morgan fingerprint density at radius 1 is 1.14 bits per heavy atom. The number of guanidine groups is 1. The summed E-state index contributed by atoms with van der Waals surface area (Å²) < 4.78 is 5.66. The van der Waals surface area contributed by atoms with Crippen LogP contribution in [-0.2, 0) is 17.8 Å². The molecule has 0 fully saturated rings. The first kappa shape index (κ1) is 20.7. The number of aliphatic imine (C=N–C) groups is 1. The summed E-state index contributed by atoms with van der Waals surface area (Å²) in [7, 11) is 1.75. The molecule has 0 atom stereocenters. The predicted molar refractivity (Wildman–Crippen MR) is 118 cm³/mol. The van der Waals surface area contributed by atoms with Gasteiger partial charge >= 0.3 is 0 Å². The molecule has 6 nitrogen and oxygen atoms in total. The molecule has 2 aromatic rings. The molecule has 1 amide bonds. The number of carbonyl (C=O) groups excluding carboxylic acids is 1. The van der Waals surface area contributed by atoms with E-state index < -0.39 is 0 Å². The standard InChI is InChI=1S/C23H30N4O2/c1-3-29-21-12-7-5-10-19(21)17-26-23(24-2)25-15-8-13-22(28)27-16-14-18-9-4-6-11-20(18)27/h4-7,9-12H,3,8,13-17H2,1-2H3,(H2,24,25,26). The van der Waals surface area contributed by atoms with E-state index in [1.807, 2.05) is 54.3 Å². The molecular weight excluding hydrogens is 364 g/mol. The summed E-state index contributed by atoms with van der Waals surface area (Å²) >= 11 is 0. The molecule has 154 valence electrons. The number of benzene rings is 2. The minimum absolute atomic E-state index is 0.185. The second-order valence-electron chi connectivity index (χ2n) is 6.92. The molecule has 3 rings (SSSR count). The van der Waals surface area contributed by atoms with Gasteiger partial charge in [-0.15, -0.1) is 0 Å². The van der Waals surface area contributed by atoms with Gasteiger partial charge in [0.25, 0.3) is 0 Å². The largest absolute Gasteiger partial charge is 0.494 e. The van der Waals surface area contributed by atoms with Gasteiger partial charge in [0, 0.05) is 44.4 Å². The van der Waals surface area contributed by atoms with Crippen molar-refractivity contribution in [2.24, 2.45) is 4.99 Å². The number of para-hydroxylation sites is 2. The molecule has 0 bridgehead atoms. The first-order chi connectivity index (χ1) is 14.2. The monoisotopic (exact) mass is 394 g/mol. The van der Waals surface area contributed by atoms with E-state index in [4.69, 9.17) is 4.74 Å². The quantitative estimate of drug-likeness (QED) is 0.410. The number of hydrogen-bond acceptors (Lipinski definition) is 3. The van der Waals surface area contributed by atoms with Crippen molar-refractivity contribution in [2.45, 2.75) is 32.7 Å². The van der Waals surface area contributed by atoms with Crippen LogP contribution in [0.2, 0.25) is 0 Å². The fraction of sp³-hybridized carbons (Fsp3) is 0.391. The van der Waals surface area contributed by atoms with Crippen molar-refractivity contribution in [3.63, 3.8) is 0 Å². The lowest BCUT2D eigenvalue weighted by Gasteiger charge is -2.18. The number of anilines is 1. The van der Waals surface area contributed by atoms with E-state index in [2.05, 4.69) is 21.7 Å². The number of nitrogens with one attached hydrogen (secondary N) is 2. The Labute approximate surface area is 173 Å². The third-order valence-corrected chi connectivity index (χ3v) is 4.99. The normalized spacial score (nSPS) is 13.2. The lowest BCUT2D eigenvalue weighted by atomic mass is 10.2. The summed E-state index contributed by atoms with van der Waals surface area (Å²) in [5.41, 5.74) is 3.41. The van der Waals surface area contributed by atoms with Crippen molar-refractivity contribution in [1.29, 1.82) is 0 Å². The van der Waals surface area contributed by atoms with Crippen molar-refractivity contribution in [3.05, 3.63) is 59.7 Å². The Hall–Kier alpha value is -3.02. The van der Waals surface area contributed by atoms with Crippen molar-refractivity contribution in [2.75, 3.05) is 31.6 Å². The van der Waals surface area contributed by atoms with Crippen LogP contribution in [-0.4, -0.2) is 38.6 Å². The highest BCUT2D eigenvalue weighted by molar-refractivity contribution is 5.95. The van der Waals surface area contributed by atoms with E-state index in [0.717, 1.165) is 42.3 Å². The van der Waals surface area contributed by atoms with Crippen molar-refractivity contribution >= 4 is 17.6 Å². The Bertz CT molecular complexity index is 850. The summed E-state index contributed by atoms with van der Waals surface area (Å²) in [6.45, 7) is 4.72. The van der Waals surface area contributed by atoms with Crippen LogP contribution in [0.3, 0.4) is 0 Å². The van der Waals surface area contributed by atoms with Gasteiger partial charge < -0.3 is 20.3 Å². The number of amides is 1. The number of hydrogen-bond donors (Lipinski definition) is 2. The molecule has 6 heteroatoms. The maximum atomic E-state index is 12.6. The van der Waals surface area contributed by atoms with Crippen LogP contribution in [0, 0.1) is 0 Å². The van der Waals surface area contributed by atoms with Crippen LogP contribution in [0.25, 0.3) is 0 Å². The second kappa shape index (κ2) is 10.5. The molecular formula is C23H30N4O2. The molecule has 1 heterocycles. The number of nitrogens with zero attached hydrogens (tertiary/aromatic N) is 2. The van der Waals surface area contributed by atoms with E-state index in [-0.39, 0.29) is 5.91 Å². The van der Waals surface area contributed by atoms with E-state index in [9.17, 15) is 4.79 Å². The highest BCUT2D eigenvalue weighted by atomic mass is 16.5. The number of carbonyl (C=O) groups is 1. The molecule has 29 heavy (non-hydrogen) atoms. The first-order valence-electron chi connectivity index (χ1n) is 10.3. The van der Waals surface area contributed by atoms with Crippen LogP contribution in [0.1, 0.15) is 30.9 Å². The fourth-order valence-corrected chi connectivity index (χ4v) is 3.52. The van der Waals surface area contributed by atoms with Gasteiger partial charge in [-0.2, -0.15) is 0 Å². The third kappa shape index (κ3) is 5.50. The zero-order valence-electron chi connectivity index (χ0n) is 17.3. The fourth-order valence-electron chi connectivity index (χ4n) is 3.52. The average Bonchev–Trinajstić information content (AvgIpc) is 3.18. The second-order valence-corrected chi connectivity index (χ2v) is 6.92. The molecule has 0 saturated heterocycles. The summed E-state index contributed by atoms with van der Waals surface area (Å²) in [4.78, 5) is 18.7. The van der Waals surface area contributed by atoms with Gasteiger partial charge in [-0.25, -0.2) is 0 Å². The Kier molecular flexibility index (Phi) is 7.50. The molecule has 0 saturated carbocycles. The van der Waals surface area contributed by atoms with Crippen molar-refractivity contribution in [1.82, 2.24) is 10.6 Å². The maximum absolute atomic E-state index is 12.6. The Balaban J connectivity index is 1.41. The van der Waals surface area contributed by atoms with Crippen LogP contribution in [0.15, 0.2) is 53.5 Å². The number of fused-ring (bicyclic) bond motifs is 1. The Morgan fingerprint density at radius 2 is 1.93 bits per heavy atom. The SMILES string of the molecule is CCOc1ccccc1CNC(=NC)NCCCC(=O)N1CCc2ccccc21. The van der Waals surface area contributed by atoms with Gasteiger partial charge in [-0.1, -0.05) is 36.4 Å².